The summed E-state index contributed by atoms with van der Waals surface area (Å²) in [5.74, 6) is 0.485. The number of nitrogens with two attached hydrogens (primary N) is 1. The highest BCUT2D eigenvalue weighted by Crippen LogP contribution is 2.31. The van der Waals surface area contributed by atoms with E-state index in [2.05, 4.69) is 5.32 Å². The number of hydrogen-bond acceptors (Lipinski definition) is 4. The summed E-state index contributed by atoms with van der Waals surface area (Å²) in [5, 5.41) is 2.83. The van der Waals surface area contributed by atoms with Crippen LogP contribution in [0.3, 0.4) is 0 Å². The fourth-order valence-electron chi connectivity index (χ4n) is 2.35. The first-order valence-electron chi connectivity index (χ1n) is 7.86. The third-order valence-corrected chi connectivity index (χ3v) is 3.88. The zero-order valence-corrected chi connectivity index (χ0v) is 15.2. The summed E-state index contributed by atoms with van der Waals surface area (Å²) < 4.78 is 5.40. The predicted octanol–water partition coefficient (Wildman–Crippen LogP) is 1.71. The molecule has 7 heteroatoms. The number of ether oxygens (including phenoxy) is 1. The van der Waals surface area contributed by atoms with Gasteiger partial charge in [0.2, 0.25) is 5.91 Å². The summed E-state index contributed by atoms with van der Waals surface area (Å²) >= 11 is 0. The molecule has 0 spiro atoms. The topological polar surface area (TPSA) is 84.7 Å². The lowest BCUT2D eigenvalue weighted by atomic mass is 9.87. The molecule has 0 saturated heterocycles. The van der Waals surface area contributed by atoms with Gasteiger partial charge in [0.25, 0.3) is 5.91 Å². The first-order chi connectivity index (χ1) is 10.8. The van der Waals surface area contributed by atoms with Gasteiger partial charge in [-0.05, 0) is 24.0 Å². The van der Waals surface area contributed by atoms with E-state index in [1.54, 1.807) is 4.90 Å². The monoisotopic (exact) mass is 355 g/mol. The molecule has 0 aliphatic carbocycles. The summed E-state index contributed by atoms with van der Waals surface area (Å²) in [4.78, 5) is 25.7. The van der Waals surface area contributed by atoms with Crippen molar-refractivity contribution >= 4 is 29.9 Å². The van der Waals surface area contributed by atoms with Crippen LogP contribution in [0.5, 0.6) is 5.75 Å². The Labute approximate surface area is 149 Å². The van der Waals surface area contributed by atoms with Crippen molar-refractivity contribution in [2.45, 2.75) is 33.2 Å². The van der Waals surface area contributed by atoms with E-state index in [1.807, 2.05) is 45.0 Å². The van der Waals surface area contributed by atoms with E-state index in [9.17, 15) is 9.59 Å². The molecule has 0 aromatic heterocycles. The van der Waals surface area contributed by atoms with Crippen molar-refractivity contribution in [1.29, 1.82) is 0 Å². The number of nitrogens with zero attached hydrogens (tertiary/aromatic N) is 1. The molecule has 2 rings (SSSR count). The molecule has 6 nitrogen and oxygen atoms in total. The van der Waals surface area contributed by atoms with Gasteiger partial charge in [0.05, 0.1) is 11.7 Å². The van der Waals surface area contributed by atoms with Crippen LogP contribution in [0.25, 0.3) is 0 Å². The quantitative estimate of drug-likeness (QED) is 0.787. The Morgan fingerprint density at radius 3 is 2.71 bits per heavy atom. The number of nitrogens with one attached hydrogen (secondary N) is 1. The van der Waals surface area contributed by atoms with Crippen LogP contribution in [0.4, 0.5) is 5.69 Å². The molecule has 1 aliphatic heterocycles. The Bertz CT molecular complexity index is 587. The van der Waals surface area contributed by atoms with Crippen molar-refractivity contribution in [3.05, 3.63) is 24.3 Å². The van der Waals surface area contributed by atoms with Crippen LogP contribution < -0.4 is 20.7 Å². The second-order valence-corrected chi connectivity index (χ2v) is 6.79. The van der Waals surface area contributed by atoms with Gasteiger partial charge in [-0.25, -0.2) is 0 Å². The van der Waals surface area contributed by atoms with Crippen molar-refractivity contribution in [1.82, 2.24) is 5.32 Å². The molecule has 0 fully saturated rings. The summed E-state index contributed by atoms with van der Waals surface area (Å²) in [6.07, 6.45) is 0.655. The fourth-order valence-corrected chi connectivity index (χ4v) is 2.35. The van der Waals surface area contributed by atoms with Gasteiger partial charge in [0, 0.05) is 13.1 Å². The Balaban J connectivity index is 0.00000288. The van der Waals surface area contributed by atoms with Crippen molar-refractivity contribution in [2.75, 3.05) is 24.6 Å². The van der Waals surface area contributed by atoms with Crippen LogP contribution in [0.2, 0.25) is 0 Å². The highest BCUT2D eigenvalue weighted by Gasteiger charge is 2.27. The van der Waals surface area contributed by atoms with Gasteiger partial charge in [-0.15, -0.1) is 12.4 Å². The second kappa shape index (κ2) is 8.35. The first kappa shape index (κ1) is 20.3. The molecule has 1 heterocycles. The number of carbonyl (C=O) groups is 2. The molecule has 0 bridgehead atoms. The molecule has 24 heavy (non-hydrogen) atoms. The second-order valence-electron chi connectivity index (χ2n) is 6.79. The zero-order chi connectivity index (χ0) is 17.0. The lowest BCUT2D eigenvalue weighted by molar-refractivity contribution is -0.124. The van der Waals surface area contributed by atoms with E-state index in [1.165, 1.54) is 0 Å². The number of anilines is 1. The molecule has 2 amide bonds. The van der Waals surface area contributed by atoms with Crippen LogP contribution in [0.1, 0.15) is 27.2 Å². The van der Waals surface area contributed by atoms with Crippen molar-refractivity contribution in [3.63, 3.8) is 0 Å². The zero-order valence-electron chi connectivity index (χ0n) is 14.4. The summed E-state index contributed by atoms with van der Waals surface area (Å²) in [5.41, 5.74) is 6.42. The third kappa shape index (κ3) is 4.85. The minimum Gasteiger partial charge on any atom is -0.482 e. The standard InChI is InChI=1S/C17H25N3O3.ClH/c1-17(2,3)15(18)16(22)19-9-6-10-20-12-7-4-5-8-13(12)23-11-14(20)21;/h4-5,7-8,15H,6,9-11,18H2,1-3H3,(H,19,22);1H/t15-;/m1./s1. The van der Waals surface area contributed by atoms with E-state index in [0.29, 0.717) is 25.3 Å². The average molecular weight is 356 g/mol. The maximum absolute atomic E-state index is 12.0. The van der Waals surface area contributed by atoms with Gasteiger partial charge in [0.1, 0.15) is 5.75 Å². The molecule has 0 unspecified atom stereocenters. The number of fused-ring (bicyclic) bond motifs is 1. The summed E-state index contributed by atoms with van der Waals surface area (Å²) in [7, 11) is 0. The third-order valence-electron chi connectivity index (χ3n) is 3.88. The van der Waals surface area contributed by atoms with Crippen molar-refractivity contribution in [2.24, 2.45) is 11.1 Å². The maximum Gasteiger partial charge on any atom is 0.265 e. The van der Waals surface area contributed by atoms with Gasteiger partial charge in [-0.2, -0.15) is 0 Å². The number of halogens is 1. The van der Waals surface area contributed by atoms with Gasteiger partial charge in [0.15, 0.2) is 6.61 Å². The molecule has 1 aromatic rings. The van der Waals surface area contributed by atoms with Gasteiger partial charge < -0.3 is 20.7 Å². The van der Waals surface area contributed by atoms with E-state index in [-0.39, 0.29) is 36.2 Å². The minimum absolute atomic E-state index is 0. The Morgan fingerprint density at radius 2 is 2.04 bits per heavy atom. The SMILES string of the molecule is CC(C)(C)[C@H](N)C(=O)NCCCN1C(=O)COc2ccccc21.Cl. The number of rotatable bonds is 5. The number of amides is 2. The highest BCUT2D eigenvalue weighted by atomic mass is 35.5. The van der Waals surface area contributed by atoms with Crippen LogP contribution in [-0.2, 0) is 9.59 Å². The number of carbonyl (C=O) groups excluding carboxylic acids is 2. The molecule has 1 aliphatic rings. The maximum atomic E-state index is 12.0. The van der Waals surface area contributed by atoms with Gasteiger partial charge >= 0.3 is 0 Å². The van der Waals surface area contributed by atoms with Crippen LogP contribution in [0.15, 0.2) is 24.3 Å². The van der Waals surface area contributed by atoms with Crippen LogP contribution in [-0.4, -0.2) is 37.6 Å². The van der Waals surface area contributed by atoms with Gasteiger partial charge in [-0.1, -0.05) is 32.9 Å². The number of para-hydroxylation sites is 2. The first-order valence-corrected chi connectivity index (χ1v) is 7.86. The predicted molar refractivity (Wildman–Crippen MR) is 96.6 cm³/mol. The molecule has 134 valence electrons. The summed E-state index contributed by atoms with van der Waals surface area (Å²) in [6.45, 7) is 6.86. The van der Waals surface area contributed by atoms with Crippen LogP contribution >= 0.6 is 12.4 Å². The fraction of sp³-hybridized carbons (Fsp3) is 0.529. The number of hydrogen-bond donors (Lipinski definition) is 2. The van der Waals surface area contributed by atoms with Gasteiger partial charge in [-0.3, -0.25) is 9.59 Å². The normalized spacial score (nSPS) is 15.0. The van der Waals surface area contributed by atoms with E-state index in [4.69, 9.17) is 10.5 Å². The molecule has 0 radical (unpaired) electrons. The molecule has 1 atom stereocenters. The summed E-state index contributed by atoms with van der Waals surface area (Å²) in [6, 6.07) is 6.91. The minimum atomic E-state index is -0.548. The molecular formula is C17H26ClN3O3. The van der Waals surface area contributed by atoms with Crippen LogP contribution in [0, 0.1) is 5.41 Å². The van der Waals surface area contributed by atoms with Crippen molar-refractivity contribution < 1.29 is 14.3 Å². The van der Waals surface area contributed by atoms with E-state index in [0.717, 1.165) is 5.69 Å². The lowest BCUT2D eigenvalue weighted by Gasteiger charge is -2.29. The molecule has 0 saturated carbocycles. The Hall–Kier alpha value is -1.79. The largest absolute Gasteiger partial charge is 0.482 e. The Morgan fingerprint density at radius 1 is 1.38 bits per heavy atom. The smallest absolute Gasteiger partial charge is 0.265 e. The van der Waals surface area contributed by atoms with E-state index >= 15 is 0 Å². The Kier molecular flexibility index (Phi) is 7.05. The number of benzene rings is 1. The molecule has 1 aromatic carbocycles. The van der Waals surface area contributed by atoms with Crippen molar-refractivity contribution in [3.8, 4) is 5.75 Å². The average Bonchev–Trinajstić information content (AvgIpc) is 2.51. The highest BCUT2D eigenvalue weighted by molar-refractivity contribution is 5.97. The van der Waals surface area contributed by atoms with E-state index < -0.39 is 6.04 Å². The molecule has 3 N–H and O–H groups in total. The lowest BCUT2D eigenvalue weighted by Crippen LogP contribution is -2.49. The molecular weight excluding hydrogens is 330 g/mol.